The van der Waals surface area contributed by atoms with Crippen LogP contribution < -0.4 is 0 Å². The molecule has 3 heterocycles. The van der Waals surface area contributed by atoms with Crippen molar-refractivity contribution < 1.29 is 18.8 Å². The van der Waals surface area contributed by atoms with Gasteiger partial charge in [0.1, 0.15) is 6.54 Å². The quantitative estimate of drug-likeness (QED) is 0.533. The minimum absolute atomic E-state index is 0.214. The van der Waals surface area contributed by atoms with Gasteiger partial charge in [-0.1, -0.05) is 30.3 Å². The Morgan fingerprint density at radius 3 is 2.15 bits per heavy atom. The number of hydrogen-bond donors (Lipinski definition) is 0. The van der Waals surface area contributed by atoms with Gasteiger partial charge in [0.2, 0.25) is 17.7 Å². The number of aromatic nitrogens is 2. The van der Waals surface area contributed by atoms with Gasteiger partial charge in [-0.05, 0) is 24.3 Å². The molecule has 2 aliphatic rings. The average Bonchev–Trinajstić information content (AvgIpc) is 3.43. The maximum Gasteiger partial charge on any atom is 0.262 e. The maximum absolute atomic E-state index is 12.7. The highest BCUT2D eigenvalue weighted by Crippen LogP contribution is 2.22. The van der Waals surface area contributed by atoms with Gasteiger partial charge in [-0.2, -0.15) is 0 Å². The molecule has 1 aromatic heterocycles. The molecular weight excluding hydrogens is 422 g/mol. The summed E-state index contributed by atoms with van der Waals surface area (Å²) in [6, 6.07) is 16.3. The number of carbonyl (C=O) groups is 3. The van der Waals surface area contributed by atoms with E-state index in [1.165, 1.54) is 0 Å². The fourth-order valence-electron chi connectivity index (χ4n) is 4.14. The van der Waals surface area contributed by atoms with Gasteiger partial charge in [0.25, 0.3) is 11.8 Å². The van der Waals surface area contributed by atoms with Crippen molar-refractivity contribution >= 4 is 17.7 Å². The number of fused-ring (bicyclic) bond motifs is 1. The molecule has 3 amide bonds. The highest BCUT2D eigenvalue weighted by atomic mass is 16.4. The van der Waals surface area contributed by atoms with Gasteiger partial charge in [0, 0.05) is 44.7 Å². The Kier molecular flexibility index (Phi) is 5.70. The lowest BCUT2D eigenvalue weighted by molar-refractivity contribution is -0.133. The van der Waals surface area contributed by atoms with Crippen LogP contribution >= 0.6 is 0 Å². The molecule has 1 fully saturated rings. The first kappa shape index (κ1) is 21.0. The second-order valence-corrected chi connectivity index (χ2v) is 8.08. The average molecular weight is 445 g/mol. The first-order valence-electron chi connectivity index (χ1n) is 10.9. The van der Waals surface area contributed by atoms with Gasteiger partial charge < -0.3 is 9.32 Å². The van der Waals surface area contributed by atoms with Crippen molar-refractivity contribution in [2.24, 2.45) is 0 Å². The van der Waals surface area contributed by atoms with Crippen molar-refractivity contribution in [3.8, 4) is 11.5 Å². The summed E-state index contributed by atoms with van der Waals surface area (Å²) >= 11 is 0. The van der Waals surface area contributed by atoms with Gasteiger partial charge in [-0.15, -0.1) is 10.2 Å². The normalized spacial score (nSPS) is 16.4. The molecular formula is C24H23N5O4. The summed E-state index contributed by atoms with van der Waals surface area (Å²) in [5.41, 5.74) is 1.61. The number of piperazine rings is 1. The first-order valence-corrected chi connectivity index (χ1v) is 10.9. The summed E-state index contributed by atoms with van der Waals surface area (Å²) in [7, 11) is 0. The van der Waals surface area contributed by atoms with Crippen molar-refractivity contribution in [1.82, 2.24) is 24.9 Å². The van der Waals surface area contributed by atoms with Crippen LogP contribution in [0.2, 0.25) is 0 Å². The summed E-state index contributed by atoms with van der Waals surface area (Å²) < 4.78 is 5.76. The van der Waals surface area contributed by atoms with E-state index in [0.29, 0.717) is 55.5 Å². The summed E-state index contributed by atoms with van der Waals surface area (Å²) in [6.07, 6.45) is 0.628. The number of hydrogen-bond acceptors (Lipinski definition) is 7. The molecule has 0 unspecified atom stereocenters. The number of carbonyl (C=O) groups excluding carboxylic acids is 3. The molecule has 33 heavy (non-hydrogen) atoms. The molecule has 0 atom stereocenters. The lowest BCUT2D eigenvalue weighted by Crippen LogP contribution is -2.52. The van der Waals surface area contributed by atoms with E-state index in [0.717, 1.165) is 17.0 Å². The highest BCUT2D eigenvalue weighted by molar-refractivity contribution is 6.22. The van der Waals surface area contributed by atoms with Crippen LogP contribution in [0.25, 0.3) is 11.5 Å². The van der Waals surface area contributed by atoms with Crippen LogP contribution in [-0.4, -0.2) is 81.9 Å². The van der Waals surface area contributed by atoms with E-state index in [4.69, 9.17) is 4.42 Å². The molecule has 0 bridgehead atoms. The topological polar surface area (TPSA) is 99.9 Å². The van der Waals surface area contributed by atoms with Crippen molar-refractivity contribution in [1.29, 1.82) is 0 Å². The summed E-state index contributed by atoms with van der Waals surface area (Å²) in [5, 5.41) is 8.25. The third-order valence-electron chi connectivity index (χ3n) is 6.03. The molecule has 9 nitrogen and oxygen atoms in total. The molecule has 2 aliphatic heterocycles. The second kappa shape index (κ2) is 8.95. The Hall–Kier alpha value is -3.85. The number of amides is 3. The lowest BCUT2D eigenvalue weighted by Gasteiger charge is -2.35. The fraction of sp³-hybridized carbons (Fsp3) is 0.292. The Labute approximate surface area is 190 Å². The van der Waals surface area contributed by atoms with Crippen molar-refractivity contribution in [3.63, 3.8) is 0 Å². The molecule has 9 heteroatoms. The largest absolute Gasteiger partial charge is 0.421 e. The van der Waals surface area contributed by atoms with E-state index in [9.17, 15) is 14.4 Å². The van der Waals surface area contributed by atoms with E-state index >= 15 is 0 Å². The zero-order valence-electron chi connectivity index (χ0n) is 18.0. The molecule has 5 rings (SSSR count). The lowest BCUT2D eigenvalue weighted by atomic mass is 10.1. The van der Waals surface area contributed by atoms with Crippen LogP contribution in [0.15, 0.2) is 59.0 Å². The van der Waals surface area contributed by atoms with Gasteiger partial charge in [-0.25, -0.2) is 0 Å². The van der Waals surface area contributed by atoms with E-state index in [-0.39, 0.29) is 12.5 Å². The van der Waals surface area contributed by atoms with Crippen molar-refractivity contribution in [3.05, 3.63) is 71.6 Å². The summed E-state index contributed by atoms with van der Waals surface area (Å²) in [6.45, 7) is 3.01. The highest BCUT2D eigenvalue weighted by Gasteiger charge is 2.37. The van der Waals surface area contributed by atoms with Crippen LogP contribution in [0.4, 0.5) is 0 Å². The van der Waals surface area contributed by atoms with Gasteiger partial charge in [0.05, 0.1) is 11.1 Å². The van der Waals surface area contributed by atoms with Crippen LogP contribution in [0.5, 0.6) is 0 Å². The minimum atomic E-state index is -0.406. The standard InChI is InChI=1S/C24H23N5O4/c30-21(16-29-23(31)18-8-4-5-9-19(18)24(29)32)28-14-12-27(13-15-28)11-10-20-25-26-22(33-20)17-6-2-1-3-7-17/h1-9H,10-16H2. The first-order chi connectivity index (χ1) is 16.1. The monoisotopic (exact) mass is 445 g/mol. The number of rotatable bonds is 6. The van der Waals surface area contributed by atoms with Crippen LogP contribution in [0.3, 0.4) is 0 Å². The van der Waals surface area contributed by atoms with E-state index in [1.54, 1.807) is 29.2 Å². The van der Waals surface area contributed by atoms with Crippen molar-refractivity contribution in [2.45, 2.75) is 6.42 Å². The molecule has 0 radical (unpaired) electrons. The predicted molar refractivity (Wildman–Crippen MR) is 118 cm³/mol. The molecule has 1 saturated heterocycles. The zero-order valence-corrected chi connectivity index (χ0v) is 18.0. The maximum atomic E-state index is 12.7. The zero-order chi connectivity index (χ0) is 22.8. The number of imide groups is 1. The Balaban J connectivity index is 1.10. The third kappa shape index (κ3) is 4.27. The smallest absolute Gasteiger partial charge is 0.262 e. The Morgan fingerprint density at radius 2 is 1.48 bits per heavy atom. The molecule has 2 aromatic carbocycles. The van der Waals surface area contributed by atoms with E-state index < -0.39 is 11.8 Å². The van der Waals surface area contributed by atoms with E-state index in [1.807, 2.05) is 30.3 Å². The molecule has 0 saturated carbocycles. The summed E-state index contributed by atoms with van der Waals surface area (Å²) in [5.74, 6) is 0.0646. The van der Waals surface area contributed by atoms with Gasteiger partial charge in [-0.3, -0.25) is 24.2 Å². The Morgan fingerprint density at radius 1 is 0.848 bits per heavy atom. The third-order valence-corrected chi connectivity index (χ3v) is 6.03. The number of benzene rings is 2. The molecule has 0 spiro atoms. The van der Waals surface area contributed by atoms with Crippen LogP contribution in [0.1, 0.15) is 26.6 Å². The number of nitrogens with zero attached hydrogens (tertiary/aromatic N) is 5. The van der Waals surface area contributed by atoms with Crippen molar-refractivity contribution in [2.75, 3.05) is 39.3 Å². The van der Waals surface area contributed by atoms with Crippen LogP contribution in [-0.2, 0) is 11.2 Å². The molecule has 168 valence electrons. The fourth-order valence-corrected chi connectivity index (χ4v) is 4.14. The second-order valence-electron chi connectivity index (χ2n) is 8.08. The SMILES string of the molecule is O=C(CN1C(=O)c2ccccc2C1=O)N1CCN(CCc2nnc(-c3ccccc3)o2)CC1. The molecule has 0 N–H and O–H groups in total. The minimum Gasteiger partial charge on any atom is -0.421 e. The van der Waals surface area contributed by atoms with Crippen LogP contribution in [0, 0.1) is 0 Å². The van der Waals surface area contributed by atoms with Gasteiger partial charge >= 0.3 is 0 Å². The van der Waals surface area contributed by atoms with Gasteiger partial charge in [0.15, 0.2) is 0 Å². The molecule has 0 aliphatic carbocycles. The molecule has 3 aromatic rings. The Bertz CT molecular complexity index is 1150. The summed E-state index contributed by atoms with van der Waals surface area (Å²) in [4.78, 5) is 42.7. The van der Waals surface area contributed by atoms with E-state index in [2.05, 4.69) is 15.1 Å². The predicted octanol–water partition coefficient (Wildman–Crippen LogP) is 1.72.